The number of anilines is 1. The van der Waals surface area contributed by atoms with E-state index in [1.54, 1.807) is 4.90 Å². The highest BCUT2D eigenvalue weighted by molar-refractivity contribution is 6.08. The molecule has 1 spiro atoms. The number of hydrogen-bond acceptors (Lipinski definition) is 7. The summed E-state index contributed by atoms with van der Waals surface area (Å²) in [5.74, 6) is -0.586. The number of rotatable bonds is 1. The number of methoxy groups -OCH3 is 2. The molecule has 1 unspecified atom stereocenters. The molecule has 4 bridgehead atoms. The van der Waals surface area contributed by atoms with Crippen molar-refractivity contribution in [1.82, 2.24) is 4.90 Å². The normalized spacial score (nSPS) is 39.7. The number of esters is 1. The fourth-order valence-corrected chi connectivity index (χ4v) is 9.08. The minimum absolute atomic E-state index is 0.0167. The molecule has 1 aromatic rings. The van der Waals surface area contributed by atoms with Gasteiger partial charge in [-0.25, -0.2) is 9.59 Å². The first kappa shape index (κ1) is 20.0. The molecule has 8 nitrogen and oxygen atoms in total. The maximum Gasteiger partial charge on any atom is 0.415 e. The molecule has 5 atom stereocenters. The van der Waals surface area contributed by atoms with E-state index < -0.39 is 23.0 Å². The zero-order chi connectivity index (χ0) is 22.8. The van der Waals surface area contributed by atoms with Gasteiger partial charge in [0.1, 0.15) is 5.78 Å². The summed E-state index contributed by atoms with van der Waals surface area (Å²) in [5, 5.41) is 0. The average molecular weight is 453 g/mol. The molecule has 0 aromatic heterocycles. The van der Waals surface area contributed by atoms with Gasteiger partial charge in [-0.15, -0.1) is 0 Å². The molecule has 33 heavy (non-hydrogen) atoms. The van der Waals surface area contributed by atoms with E-state index in [4.69, 9.17) is 14.2 Å². The maximum absolute atomic E-state index is 14.0. The SMILES string of the molecule is COC(=O)N1c2c(ccc3c2COC3)[C@@]23C4CN5CCC[C@@](CC[C@]12C(=O)OC)(CC4=O)[C@H]53. The molecule has 6 aliphatic rings. The number of carbonyl (C=O) groups excluding carboxylic acids is 3. The van der Waals surface area contributed by atoms with Crippen LogP contribution < -0.4 is 4.90 Å². The van der Waals surface area contributed by atoms with Crippen LogP contribution in [0.2, 0.25) is 0 Å². The molecule has 7 rings (SSSR count). The summed E-state index contributed by atoms with van der Waals surface area (Å²) in [6, 6.07) is 4.13. The van der Waals surface area contributed by atoms with Gasteiger partial charge in [-0.1, -0.05) is 12.1 Å². The van der Waals surface area contributed by atoms with Crippen molar-refractivity contribution in [2.75, 3.05) is 32.2 Å². The highest BCUT2D eigenvalue weighted by Gasteiger charge is 2.84. The van der Waals surface area contributed by atoms with Crippen LogP contribution in [0.3, 0.4) is 0 Å². The van der Waals surface area contributed by atoms with Crippen molar-refractivity contribution in [3.8, 4) is 0 Å². The monoisotopic (exact) mass is 452 g/mol. The lowest BCUT2D eigenvalue weighted by molar-refractivity contribution is -0.166. The van der Waals surface area contributed by atoms with E-state index in [9.17, 15) is 14.4 Å². The second-order valence-electron chi connectivity index (χ2n) is 10.7. The van der Waals surface area contributed by atoms with E-state index in [0.717, 1.165) is 36.1 Å². The molecule has 4 aliphatic heterocycles. The lowest BCUT2D eigenvalue weighted by atomic mass is 9.41. The quantitative estimate of drug-likeness (QED) is 0.605. The zero-order valence-electron chi connectivity index (χ0n) is 19.0. The summed E-state index contributed by atoms with van der Waals surface area (Å²) in [7, 11) is 2.73. The van der Waals surface area contributed by atoms with Crippen LogP contribution in [0.25, 0.3) is 0 Å². The first-order valence-electron chi connectivity index (χ1n) is 11.9. The summed E-state index contributed by atoms with van der Waals surface area (Å²) >= 11 is 0. The number of piperidine rings is 1. The van der Waals surface area contributed by atoms with Gasteiger partial charge in [0.05, 0.1) is 38.5 Å². The van der Waals surface area contributed by atoms with Crippen molar-refractivity contribution in [3.63, 3.8) is 0 Å². The molecule has 2 aliphatic carbocycles. The molecule has 1 amide bonds. The third-order valence-electron chi connectivity index (χ3n) is 9.86. The number of amides is 1. The third-order valence-corrected chi connectivity index (χ3v) is 9.86. The summed E-state index contributed by atoms with van der Waals surface area (Å²) < 4.78 is 16.6. The number of ether oxygens (including phenoxy) is 3. The largest absolute Gasteiger partial charge is 0.467 e. The van der Waals surface area contributed by atoms with Gasteiger partial charge in [-0.3, -0.25) is 14.6 Å². The van der Waals surface area contributed by atoms with Crippen LogP contribution in [0.5, 0.6) is 0 Å². The van der Waals surface area contributed by atoms with E-state index >= 15 is 0 Å². The number of carbonyl (C=O) groups is 3. The van der Waals surface area contributed by atoms with Crippen molar-refractivity contribution in [1.29, 1.82) is 0 Å². The van der Waals surface area contributed by atoms with Crippen LogP contribution in [-0.4, -0.2) is 61.6 Å². The van der Waals surface area contributed by atoms with Crippen molar-refractivity contribution < 1.29 is 28.6 Å². The molecule has 2 saturated heterocycles. The first-order chi connectivity index (χ1) is 16.0. The van der Waals surface area contributed by atoms with Gasteiger partial charge in [0, 0.05) is 30.5 Å². The standard InChI is InChI=1S/C25H28N2O6/c1-31-21(29)24-8-7-23-6-3-9-26-11-17(18(28)10-23)25(24,20(23)26)16-5-4-14-12-33-13-15(14)19(16)27(24)22(30)32-2/h4-5,17,20H,3,6-13H2,1-2H3/t17?,20-,23+,24+,25-/m0/s1. The number of benzene rings is 1. The van der Waals surface area contributed by atoms with Crippen LogP contribution in [-0.2, 0) is 42.4 Å². The molecular formula is C25H28N2O6. The minimum Gasteiger partial charge on any atom is -0.467 e. The van der Waals surface area contributed by atoms with Crippen LogP contribution in [0, 0.1) is 11.3 Å². The Bertz CT molecular complexity index is 1130. The van der Waals surface area contributed by atoms with E-state index in [1.807, 2.05) is 0 Å². The van der Waals surface area contributed by atoms with Crippen LogP contribution in [0.1, 0.15) is 48.8 Å². The van der Waals surface area contributed by atoms with Gasteiger partial charge in [0.25, 0.3) is 0 Å². The Labute approximate surface area is 192 Å². The van der Waals surface area contributed by atoms with Crippen molar-refractivity contribution in [2.45, 2.75) is 62.3 Å². The smallest absolute Gasteiger partial charge is 0.415 e. The topological polar surface area (TPSA) is 85.4 Å². The van der Waals surface area contributed by atoms with Crippen molar-refractivity contribution >= 4 is 23.5 Å². The molecule has 0 N–H and O–H groups in total. The highest BCUT2D eigenvalue weighted by atomic mass is 16.6. The number of ketones is 1. The second-order valence-corrected chi connectivity index (χ2v) is 10.7. The van der Waals surface area contributed by atoms with Crippen LogP contribution >= 0.6 is 0 Å². The lowest BCUT2D eigenvalue weighted by Gasteiger charge is -2.64. The van der Waals surface area contributed by atoms with E-state index in [-0.39, 0.29) is 23.2 Å². The molecular weight excluding hydrogens is 424 g/mol. The van der Waals surface area contributed by atoms with Gasteiger partial charge in [-0.2, -0.15) is 0 Å². The lowest BCUT2D eigenvalue weighted by Crippen LogP contribution is -2.78. The Kier molecular flexibility index (Phi) is 3.73. The molecule has 4 fully saturated rings. The third kappa shape index (κ3) is 1.90. The Morgan fingerprint density at radius 3 is 2.76 bits per heavy atom. The van der Waals surface area contributed by atoms with Gasteiger partial charge in [-0.05, 0) is 48.8 Å². The summed E-state index contributed by atoms with van der Waals surface area (Å²) in [5.41, 5.74) is 1.27. The Hall–Kier alpha value is -2.45. The van der Waals surface area contributed by atoms with Crippen molar-refractivity contribution in [3.05, 3.63) is 28.8 Å². The molecule has 0 radical (unpaired) electrons. The summed E-state index contributed by atoms with van der Waals surface area (Å²) in [6.45, 7) is 2.39. The van der Waals surface area contributed by atoms with Gasteiger partial charge < -0.3 is 14.2 Å². The second kappa shape index (κ2) is 6.16. The number of fused-ring (bicyclic) bond motifs is 3. The molecule has 1 aromatic carbocycles. The Balaban J connectivity index is 1.63. The fourth-order valence-electron chi connectivity index (χ4n) is 9.08. The Morgan fingerprint density at radius 1 is 1.12 bits per heavy atom. The predicted octanol–water partition coefficient (Wildman–Crippen LogP) is 2.30. The summed E-state index contributed by atoms with van der Waals surface area (Å²) in [6.07, 6.45) is 3.21. The molecule has 8 heteroatoms. The maximum atomic E-state index is 14.0. The highest BCUT2D eigenvalue weighted by Crippen LogP contribution is 2.74. The van der Waals surface area contributed by atoms with E-state index in [0.29, 0.717) is 44.7 Å². The Morgan fingerprint density at radius 2 is 1.97 bits per heavy atom. The van der Waals surface area contributed by atoms with Gasteiger partial charge >= 0.3 is 12.1 Å². The van der Waals surface area contributed by atoms with E-state index in [2.05, 4.69) is 17.0 Å². The molecule has 174 valence electrons. The molecule has 2 saturated carbocycles. The predicted molar refractivity (Wildman–Crippen MR) is 116 cm³/mol. The first-order valence-corrected chi connectivity index (χ1v) is 11.9. The molecule has 4 heterocycles. The number of Topliss-reactive ketones (excluding diaryl/α,β-unsaturated/α-hetero) is 1. The average Bonchev–Trinajstić information content (AvgIpc) is 3.49. The van der Waals surface area contributed by atoms with Gasteiger partial charge in [0.2, 0.25) is 0 Å². The van der Waals surface area contributed by atoms with Gasteiger partial charge in [0.15, 0.2) is 5.54 Å². The number of nitrogens with zero attached hydrogens (tertiary/aromatic N) is 2. The minimum atomic E-state index is -1.31. The fraction of sp³-hybridized carbons (Fsp3) is 0.640. The zero-order valence-corrected chi connectivity index (χ0v) is 19.0. The van der Waals surface area contributed by atoms with Crippen molar-refractivity contribution in [2.24, 2.45) is 11.3 Å². The number of hydrogen-bond donors (Lipinski definition) is 0. The van der Waals surface area contributed by atoms with Crippen LogP contribution in [0.4, 0.5) is 10.5 Å². The summed E-state index contributed by atoms with van der Waals surface area (Å²) in [4.78, 5) is 45.4. The van der Waals surface area contributed by atoms with Crippen LogP contribution in [0.15, 0.2) is 12.1 Å². The van der Waals surface area contributed by atoms with E-state index in [1.165, 1.54) is 14.2 Å².